The predicted octanol–water partition coefficient (Wildman–Crippen LogP) is 2.81. The number of piperidine rings is 1. The third-order valence-corrected chi connectivity index (χ3v) is 4.69. The van der Waals surface area contributed by atoms with Crippen LogP contribution in [0.4, 0.5) is 0 Å². The summed E-state index contributed by atoms with van der Waals surface area (Å²) in [6, 6.07) is 5.20. The van der Waals surface area contributed by atoms with E-state index in [0.29, 0.717) is 23.3 Å². The van der Waals surface area contributed by atoms with Crippen LogP contribution in [0.25, 0.3) is 0 Å². The number of aromatic hydroxyl groups is 1. The molecule has 0 aromatic heterocycles. The zero-order chi connectivity index (χ0) is 14.1. The normalized spacial score (nSPS) is 25.4. The van der Waals surface area contributed by atoms with Gasteiger partial charge in [-0.05, 0) is 49.8 Å². The molecule has 1 N–H and O–H groups in total. The number of amides is 1. The quantitative estimate of drug-likeness (QED) is 0.903. The molecule has 4 nitrogen and oxygen atoms in total. The van der Waals surface area contributed by atoms with Gasteiger partial charge in [0, 0.05) is 12.6 Å². The second-order valence-corrected chi connectivity index (χ2v) is 5.78. The minimum Gasteiger partial charge on any atom is -0.507 e. The maximum Gasteiger partial charge on any atom is 0.258 e. The molecule has 1 heterocycles. The van der Waals surface area contributed by atoms with Gasteiger partial charge in [-0.25, -0.2) is 0 Å². The molecule has 1 amide bonds. The van der Waals surface area contributed by atoms with Crippen molar-refractivity contribution in [2.75, 3.05) is 13.7 Å². The van der Waals surface area contributed by atoms with Gasteiger partial charge in [0.25, 0.3) is 5.91 Å². The largest absolute Gasteiger partial charge is 0.507 e. The lowest BCUT2D eigenvalue weighted by molar-refractivity contribution is 0.0545. The van der Waals surface area contributed by atoms with Crippen LogP contribution in [0.15, 0.2) is 18.2 Å². The molecule has 1 aromatic carbocycles. The standard InChI is InChI=1S/C16H21NO3/c1-20-12-7-8-15(18)13(10-12)16(19)17-9-3-5-11-4-2-6-14(11)17/h7-8,10-11,14,18H,2-6,9H2,1H3. The fraction of sp³-hybridized carbons (Fsp3) is 0.562. The van der Waals surface area contributed by atoms with Gasteiger partial charge in [0.05, 0.1) is 12.7 Å². The van der Waals surface area contributed by atoms with Gasteiger partial charge >= 0.3 is 0 Å². The third-order valence-electron chi connectivity index (χ3n) is 4.69. The van der Waals surface area contributed by atoms with Crippen molar-refractivity contribution in [3.05, 3.63) is 23.8 Å². The van der Waals surface area contributed by atoms with E-state index in [1.165, 1.54) is 25.3 Å². The van der Waals surface area contributed by atoms with Crippen LogP contribution in [0.1, 0.15) is 42.5 Å². The number of ether oxygens (including phenoxy) is 1. The number of methoxy groups -OCH3 is 1. The molecule has 1 saturated heterocycles. The molecular weight excluding hydrogens is 254 g/mol. The maximum atomic E-state index is 12.7. The molecule has 20 heavy (non-hydrogen) atoms. The van der Waals surface area contributed by atoms with Gasteiger partial charge in [0.2, 0.25) is 0 Å². The predicted molar refractivity (Wildman–Crippen MR) is 76.1 cm³/mol. The number of hydrogen-bond acceptors (Lipinski definition) is 3. The third kappa shape index (κ3) is 2.23. The van der Waals surface area contributed by atoms with Crippen molar-refractivity contribution < 1.29 is 14.6 Å². The van der Waals surface area contributed by atoms with Crippen LogP contribution in [0.5, 0.6) is 11.5 Å². The summed E-state index contributed by atoms with van der Waals surface area (Å²) in [5.41, 5.74) is 0.358. The summed E-state index contributed by atoms with van der Waals surface area (Å²) in [6.45, 7) is 0.802. The number of hydrogen-bond donors (Lipinski definition) is 1. The van der Waals surface area contributed by atoms with Crippen molar-refractivity contribution in [1.29, 1.82) is 0 Å². The average Bonchev–Trinajstić information content (AvgIpc) is 2.95. The molecule has 0 spiro atoms. The number of carbonyl (C=O) groups is 1. The minimum absolute atomic E-state index is 0.0379. The van der Waals surface area contributed by atoms with Crippen molar-refractivity contribution in [3.63, 3.8) is 0 Å². The second kappa shape index (κ2) is 5.35. The van der Waals surface area contributed by atoms with E-state index in [-0.39, 0.29) is 11.7 Å². The molecule has 1 saturated carbocycles. The van der Waals surface area contributed by atoms with Gasteiger partial charge in [0.1, 0.15) is 11.5 Å². The van der Waals surface area contributed by atoms with Gasteiger partial charge in [0.15, 0.2) is 0 Å². The molecule has 2 atom stereocenters. The summed E-state index contributed by atoms with van der Waals surface area (Å²) in [5, 5.41) is 9.97. The number of rotatable bonds is 2. The first kappa shape index (κ1) is 13.3. The smallest absolute Gasteiger partial charge is 0.258 e. The summed E-state index contributed by atoms with van der Waals surface area (Å²) in [6.07, 6.45) is 5.85. The number of phenolic OH excluding ortho intramolecular Hbond substituents is 1. The Bertz CT molecular complexity index is 514. The lowest BCUT2D eigenvalue weighted by Gasteiger charge is -2.38. The molecule has 2 aliphatic rings. The molecule has 0 radical (unpaired) electrons. The first-order valence-corrected chi connectivity index (χ1v) is 7.38. The van der Waals surface area contributed by atoms with Crippen LogP contribution in [-0.2, 0) is 0 Å². The summed E-state index contributed by atoms with van der Waals surface area (Å²) < 4.78 is 5.15. The highest BCUT2D eigenvalue weighted by Gasteiger charge is 2.38. The van der Waals surface area contributed by atoms with Crippen LogP contribution in [-0.4, -0.2) is 35.6 Å². The van der Waals surface area contributed by atoms with Crippen LogP contribution < -0.4 is 4.74 Å². The SMILES string of the molecule is COc1ccc(O)c(C(=O)N2CCCC3CCCC32)c1. The lowest BCUT2D eigenvalue weighted by Crippen LogP contribution is -2.46. The highest BCUT2D eigenvalue weighted by molar-refractivity contribution is 5.97. The number of fused-ring (bicyclic) bond motifs is 1. The van der Waals surface area contributed by atoms with Crippen molar-refractivity contribution >= 4 is 5.91 Å². The molecular formula is C16H21NO3. The van der Waals surface area contributed by atoms with E-state index >= 15 is 0 Å². The van der Waals surface area contributed by atoms with Crippen molar-refractivity contribution in [1.82, 2.24) is 4.90 Å². The van der Waals surface area contributed by atoms with Crippen LogP contribution in [0.2, 0.25) is 0 Å². The molecule has 1 aliphatic carbocycles. The van der Waals surface area contributed by atoms with E-state index in [0.717, 1.165) is 19.4 Å². The van der Waals surface area contributed by atoms with Gasteiger partial charge < -0.3 is 14.7 Å². The Hall–Kier alpha value is -1.71. The van der Waals surface area contributed by atoms with E-state index < -0.39 is 0 Å². The molecule has 1 aliphatic heterocycles. The topological polar surface area (TPSA) is 49.8 Å². The number of carbonyl (C=O) groups excluding carboxylic acids is 1. The van der Waals surface area contributed by atoms with Crippen LogP contribution >= 0.6 is 0 Å². The Morgan fingerprint density at radius 1 is 1.30 bits per heavy atom. The van der Waals surface area contributed by atoms with E-state index in [9.17, 15) is 9.90 Å². The van der Waals surface area contributed by atoms with Crippen molar-refractivity contribution in [2.24, 2.45) is 5.92 Å². The molecule has 2 fully saturated rings. The highest BCUT2D eigenvalue weighted by Crippen LogP contribution is 2.38. The second-order valence-electron chi connectivity index (χ2n) is 5.78. The van der Waals surface area contributed by atoms with Crippen molar-refractivity contribution in [2.45, 2.75) is 38.1 Å². The average molecular weight is 275 g/mol. The zero-order valence-corrected chi connectivity index (χ0v) is 11.8. The Kier molecular flexibility index (Phi) is 3.55. The van der Waals surface area contributed by atoms with Gasteiger partial charge in [-0.2, -0.15) is 0 Å². The van der Waals surface area contributed by atoms with Gasteiger partial charge in [-0.3, -0.25) is 4.79 Å². The van der Waals surface area contributed by atoms with Gasteiger partial charge in [-0.15, -0.1) is 0 Å². The van der Waals surface area contributed by atoms with E-state index in [4.69, 9.17) is 4.74 Å². The van der Waals surface area contributed by atoms with E-state index in [1.54, 1.807) is 19.2 Å². The van der Waals surface area contributed by atoms with Crippen molar-refractivity contribution in [3.8, 4) is 11.5 Å². The fourth-order valence-electron chi connectivity index (χ4n) is 3.67. The summed E-state index contributed by atoms with van der Waals surface area (Å²) >= 11 is 0. The zero-order valence-electron chi connectivity index (χ0n) is 11.8. The summed E-state index contributed by atoms with van der Waals surface area (Å²) in [7, 11) is 1.56. The Morgan fingerprint density at radius 3 is 2.90 bits per heavy atom. The minimum atomic E-state index is -0.0574. The Balaban J connectivity index is 1.88. The highest BCUT2D eigenvalue weighted by atomic mass is 16.5. The molecule has 0 bridgehead atoms. The monoisotopic (exact) mass is 275 g/mol. The summed E-state index contributed by atoms with van der Waals surface area (Å²) in [5.74, 6) is 1.24. The fourth-order valence-corrected chi connectivity index (χ4v) is 3.67. The molecule has 1 aromatic rings. The first-order valence-electron chi connectivity index (χ1n) is 7.38. The van der Waals surface area contributed by atoms with E-state index in [2.05, 4.69) is 0 Å². The van der Waals surface area contributed by atoms with E-state index in [1.807, 2.05) is 4.90 Å². The maximum absolute atomic E-state index is 12.7. The lowest BCUT2D eigenvalue weighted by atomic mass is 9.91. The molecule has 3 rings (SSSR count). The van der Waals surface area contributed by atoms with Gasteiger partial charge in [-0.1, -0.05) is 6.42 Å². The number of likely N-dealkylation sites (tertiary alicyclic amines) is 1. The van der Waals surface area contributed by atoms with Crippen LogP contribution in [0, 0.1) is 5.92 Å². The number of phenols is 1. The van der Waals surface area contributed by atoms with Crippen LogP contribution in [0.3, 0.4) is 0 Å². The molecule has 108 valence electrons. The Morgan fingerprint density at radius 2 is 2.10 bits per heavy atom. The molecule has 4 heteroatoms. The number of benzene rings is 1. The first-order chi connectivity index (χ1) is 9.70. The molecule has 2 unspecified atom stereocenters. The summed E-state index contributed by atoms with van der Waals surface area (Å²) in [4.78, 5) is 14.7. The number of nitrogens with zero attached hydrogens (tertiary/aromatic N) is 1. The Labute approximate surface area is 119 Å².